The van der Waals surface area contributed by atoms with E-state index in [-0.39, 0.29) is 11.0 Å². The van der Waals surface area contributed by atoms with Crippen LogP contribution in [0.25, 0.3) is 21.8 Å². The lowest BCUT2D eigenvalue weighted by Crippen LogP contribution is -2.22. The van der Waals surface area contributed by atoms with Crippen LogP contribution in [0.3, 0.4) is 0 Å². The van der Waals surface area contributed by atoms with E-state index in [1.807, 2.05) is 13.8 Å². The van der Waals surface area contributed by atoms with Crippen LogP contribution in [0.1, 0.15) is 21.6 Å². The molecule has 140 valence electrons. The second-order valence-corrected chi connectivity index (χ2v) is 7.34. The number of anilines is 1. The van der Waals surface area contributed by atoms with Gasteiger partial charge in [-0.25, -0.2) is 0 Å². The highest BCUT2D eigenvalue weighted by atomic mass is 35.5. The average molecular weight is 412 g/mol. The van der Waals surface area contributed by atoms with Gasteiger partial charge in [0.25, 0.3) is 5.91 Å². The summed E-state index contributed by atoms with van der Waals surface area (Å²) >= 11 is 12.3. The molecule has 4 rings (SSSR count). The molecule has 0 bridgehead atoms. The van der Waals surface area contributed by atoms with Crippen LogP contribution in [0.5, 0.6) is 0 Å². The van der Waals surface area contributed by atoms with Gasteiger partial charge >= 0.3 is 0 Å². The number of para-hydroxylation sites is 1. The van der Waals surface area contributed by atoms with Crippen LogP contribution in [0, 0.1) is 13.8 Å². The molecule has 0 saturated heterocycles. The van der Waals surface area contributed by atoms with Crippen LogP contribution in [-0.2, 0) is 0 Å². The maximum Gasteiger partial charge on any atom is 0.261 e. The molecule has 7 heteroatoms. The van der Waals surface area contributed by atoms with E-state index < -0.39 is 5.91 Å². The Bertz CT molecular complexity index is 1330. The Morgan fingerprint density at radius 2 is 1.86 bits per heavy atom. The quantitative estimate of drug-likeness (QED) is 0.472. The van der Waals surface area contributed by atoms with Gasteiger partial charge in [0, 0.05) is 27.7 Å². The molecule has 4 aromatic rings. The van der Waals surface area contributed by atoms with Crippen molar-refractivity contribution >= 4 is 56.6 Å². The van der Waals surface area contributed by atoms with E-state index in [0.29, 0.717) is 32.2 Å². The summed E-state index contributed by atoms with van der Waals surface area (Å²) in [6.45, 7) is 3.71. The molecule has 0 radical (unpaired) electrons. The normalized spacial score (nSPS) is 11.1. The van der Waals surface area contributed by atoms with Crippen LogP contribution in [0.15, 0.2) is 47.4 Å². The molecule has 0 aliphatic carbocycles. The molecule has 0 unspecified atom stereocenters. The summed E-state index contributed by atoms with van der Waals surface area (Å²) in [6, 6.07) is 10.3. The van der Waals surface area contributed by atoms with E-state index in [2.05, 4.69) is 15.3 Å². The van der Waals surface area contributed by atoms with Crippen LogP contribution in [0.2, 0.25) is 10.0 Å². The van der Waals surface area contributed by atoms with Crippen molar-refractivity contribution in [3.05, 3.63) is 79.7 Å². The van der Waals surface area contributed by atoms with E-state index in [4.69, 9.17) is 23.2 Å². The number of pyridine rings is 2. The minimum Gasteiger partial charge on any atom is -0.359 e. The molecule has 0 spiro atoms. The van der Waals surface area contributed by atoms with E-state index in [1.165, 1.54) is 6.20 Å². The first kappa shape index (κ1) is 18.5. The van der Waals surface area contributed by atoms with Gasteiger partial charge in [0.05, 0.1) is 21.7 Å². The van der Waals surface area contributed by atoms with E-state index in [1.54, 1.807) is 36.4 Å². The zero-order valence-corrected chi connectivity index (χ0v) is 16.6. The lowest BCUT2D eigenvalue weighted by Gasteiger charge is -2.12. The Morgan fingerprint density at radius 1 is 1.07 bits per heavy atom. The Balaban J connectivity index is 1.82. The fourth-order valence-corrected chi connectivity index (χ4v) is 3.59. The van der Waals surface area contributed by atoms with Crippen molar-refractivity contribution in [1.82, 2.24) is 9.97 Å². The van der Waals surface area contributed by atoms with Crippen molar-refractivity contribution in [1.29, 1.82) is 0 Å². The molecule has 0 aliphatic rings. The van der Waals surface area contributed by atoms with Crippen LogP contribution in [-0.4, -0.2) is 15.9 Å². The van der Waals surface area contributed by atoms with Crippen molar-refractivity contribution in [2.24, 2.45) is 0 Å². The number of H-pyrrole nitrogens is 1. The van der Waals surface area contributed by atoms with E-state index in [9.17, 15) is 9.59 Å². The molecule has 0 saturated carbocycles. The third kappa shape index (κ3) is 3.03. The highest BCUT2D eigenvalue weighted by Crippen LogP contribution is 2.30. The predicted molar refractivity (Wildman–Crippen MR) is 114 cm³/mol. The highest BCUT2D eigenvalue weighted by molar-refractivity contribution is 6.35. The number of hydrogen-bond acceptors (Lipinski definition) is 3. The highest BCUT2D eigenvalue weighted by Gasteiger charge is 2.16. The van der Waals surface area contributed by atoms with Crippen molar-refractivity contribution in [2.75, 3.05) is 5.32 Å². The number of halogens is 2. The fourth-order valence-electron chi connectivity index (χ4n) is 3.21. The Morgan fingerprint density at radius 3 is 2.64 bits per heavy atom. The van der Waals surface area contributed by atoms with Gasteiger partial charge in [0.2, 0.25) is 5.43 Å². The van der Waals surface area contributed by atoms with Gasteiger partial charge in [-0.1, -0.05) is 29.3 Å². The first-order valence-corrected chi connectivity index (χ1v) is 9.30. The number of aryl methyl sites for hydroxylation is 2. The maximum atomic E-state index is 12.9. The number of carbonyl (C=O) groups excluding carboxylic acids is 1. The maximum absolute atomic E-state index is 12.9. The molecule has 2 N–H and O–H groups in total. The van der Waals surface area contributed by atoms with Gasteiger partial charge in [-0.15, -0.1) is 0 Å². The largest absolute Gasteiger partial charge is 0.359 e. The summed E-state index contributed by atoms with van der Waals surface area (Å²) in [7, 11) is 0. The number of aromatic amines is 1. The third-order valence-electron chi connectivity index (χ3n) is 4.65. The number of aromatic nitrogens is 2. The summed E-state index contributed by atoms with van der Waals surface area (Å²) in [5.74, 6) is -0.511. The standard InChI is InChI=1S/C21H15Cl2N3O2/c1-10-8-17(12-6-7-15(22)11(2)18(12)25-10)26-21(28)14-9-24-19-13(20(14)27)4-3-5-16(19)23/h3-9H,1-2H3,(H,24,27)(H,25,26,28). The number of rotatable bonds is 2. The smallest absolute Gasteiger partial charge is 0.261 e. The Labute approximate surface area is 170 Å². The molecule has 0 aliphatic heterocycles. The molecule has 2 heterocycles. The van der Waals surface area contributed by atoms with E-state index in [0.717, 1.165) is 16.6 Å². The lowest BCUT2D eigenvalue weighted by molar-refractivity contribution is 0.102. The van der Waals surface area contributed by atoms with Gasteiger partial charge < -0.3 is 10.3 Å². The van der Waals surface area contributed by atoms with Crippen molar-refractivity contribution in [3.63, 3.8) is 0 Å². The number of nitrogens with zero attached hydrogens (tertiary/aromatic N) is 1. The van der Waals surface area contributed by atoms with Crippen LogP contribution in [0.4, 0.5) is 5.69 Å². The topological polar surface area (TPSA) is 74.8 Å². The number of hydrogen-bond donors (Lipinski definition) is 2. The number of fused-ring (bicyclic) bond motifs is 2. The first-order valence-electron chi connectivity index (χ1n) is 8.54. The fraction of sp³-hybridized carbons (Fsp3) is 0.0952. The molecule has 1 amide bonds. The molecule has 28 heavy (non-hydrogen) atoms. The zero-order valence-electron chi connectivity index (χ0n) is 15.1. The third-order valence-corrected chi connectivity index (χ3v) is 5.38. The second-order valence-electron chi connectivity index (χ2n) is 6.53. The molecule has 0 atom stereocenters. The van der Waals surface area contributed by atoms with Gasteiger partial charge in [-0.2, -0.15) is 0 Å². The molecular formula is C21H15Cl2N3O2. The van der Waals surface area contributed by atoms with Gasteiger partial charge in [0.1, 0.15) is 5.56 Å². The predicted octanol–water partition coefficient (Wildman–Crippen LogP) is 5.25. The van der Waals surface area contributed by atoms with E-state index >= 15 is 0 Å². The summed E-state index contributed by atoms with van der Waals surface area (Å²) < 4.78 is 0. The minimum absolute atomic E-state index is 0.00284. The summed E-state index contributed by atoms with van der Waals surface area (Å²) in [4.78, 5) is 33.1. The zero-order chi connectivity index (χ0) is 20.0. The van der Waals surface area contributed by atoms with Gasteiger partial charge in [-0.05, 0) is 49.7 Å². The summed E-state index contributed by atoms with van der Waals surface area (Å²) in [6.07, 6.45) is 1.38. The van der Waals surface area contributed by atoms with Crippen LogP contribution < -0.4 is 10.7 Å². The van der Waals surface area contributed by atoms with Crippen molar-refractivity contribution < 1.29 is 4.79 Å². The number of benzene rings is 2. The number of amides is 1. The Kier molecular flexibility index (Phi) is 4.57. The van der Waals surface area contributed by atoms with Crippen molar-refractivity contribution in [3.8, 4) is 0 Å². The monoisotopic (exact) mass is 411 g/mol. The minimum atomic E-state index is -0.511. The summed E-state index contributed by atoms with van der Waals surface area (Å²) in [5, 5.41) is 4.97. The molecule has 0 fully saturated rings. The molecule has 2 aromatic heterocycles. The average Bonchev–Trinajstić information content (AvgIpc) is 2.66. The lowest BCUT2D eigenvalue weighted by atomic mass is 10.1. The van der Waals surface area contributed by atoms with Crippen molar-refractivity contribution in [2.45, 2.75) is 13.8 Å². The number of carbonyl (C=O) groups is 1. The molecule has 2 aromatic carbocycles. The van der Waals surface area contributed by atoms with Gasteiger partial charge in [0.15, 0.2) is 0 Å². The molecule has 5 nitrogen and oxygen atoms in total. The SMILES string of the molecule is Cc1cc(NC(=O)c2c[nH]c3c(Cl)cccc3c2=O)c2ccc(Cl)c(C)c2n1. The van der Waals surface area contributed by atoms with Crippen LogP contribution >= 0.6 is 23.2 Å². The first-order chi connectivity index (χ1) is 13.4. The molecular weight excluding hydrogens is 397 g/mol. The Hall–Kier alpha value is -2.89. The summed E-state index contributed by atoms with van der Waals surface area (Å²) in [5.41, 5.74) is 2.95. The number of nitrogens with one attached hydrogen (secondary N) is 2. The van der Waals surface area contributed by atoms with Gasteiger partial charge in [-0.3, -0.25) is 14.6 Å². The second kappa shape index (κ2) is 6.93.